The number of methoxy groups -OCH3 is 2. The molecule has 2 aromatic rings. The van der Waals surface area contributed by atoms with E-state index in [0.29, 0.717) is 30.6 Å². The maximum absolute atomic E-state index is 12.1. The number of hydrogen-bond donors (Lipinski definition) is 2. The average Bonchev–Trinajstić information content (AvgIpc) is 2.77. The predicted molar refractivity (Wildman–Crippen MR) is 128 cm³/mol. The Morgan fingerprint density at radius 3 is 2.45 bits per heavy atom. The first-order chi connectivity index (χ1) is 14.9. The van der Waals surface area contributed by atoms with Crippen LogP contribution in [0.2, 0.25) is 0 Å². The van der Waals surface area contributed by atoms with Gasteiger partial charge in [0.2, 0.25) is 5.91 Å². The van der Waals surface area contributed by atoms with Crippen LogP contribution in [0.1, 0.15) is 31.4 Å². The standard InChI is InChI=1S/C24H30N2O4S/c1-17(2)13-14-30-21-11-7-19(15-22(21)29-4)16-25-24(31)26-23(27)12-8-18-5-9-20(28-3)10-6-18/h5-12,15,17H,13-14,16H2,1-4H3,(H2,25,26,27,31)/b12-8+. The first-order valence-electron chi connectivity index (χ1n) is 10.1. The molecule has 0 atom stereocenters. The molecule has 1 amide bonds. The van der Waals surface area contributed by atoms with Crippen LogP contribution in [0.3, 0.4) is 0 Å². The molecule has 0 aliphatic heterocycles. The smallest absolute Gasteiger partial charge is 0.250 e. The Morgan fingerprint density at radius 1 is 1.06 bits per heavy atom. The van der Waals surface area contributed by atoms with Gasteiger partial charge in [0.25, 0.3) is 0 Å². The van der Waals surface area contributed by atoms with Crippen LogP contribution in [0, 0.1) is 5.92 Å². The van der Waals surface area contributed by atoms with Gasteiger partial charge in [0.15, 0.2) is 16.6 Å². The van der Waals surface area contributed by atoms with Crippen molar-refractivity contribution in [2.75, 3.05) is 20.8 Å². The van der Waals surface area contributed by atoms with Gasteiger partial charge >= 0.3 is 0 Å². The van der Waals surface area contributed by atoms with Gasteiger partial charge in [0.05, 0.1) is 20.8 Å². The number of amides is 1. The average molecular weight is 443 g/mol. The number of carbonyl (C=O) groups is 1. The summed E-state index contributed by atoms with van der Waals surface area (Å²) in [7, 11) is 3.22. The fourth-order valence-corrected chi connectivity index (χ4v) is 2.79. The molecule has 0 bridgehead atoms. The summed E-state index contributed by atoms with van der Waals surface area (Å²) in [4.78, 5) is 12.1. The molecule has 0 saturated heterocycles. The molecule has 2 aromatic carbocycles. The molecule has 7 heteroatoms. The molecule has 2 N–H and O–H groups in total. The Balaban J connectivity index is 1.82. The second-order valence-corrected chi connectivity index (χ2v) is 7.70. The van der Waals surface area contributed by atoms with E-state index < -0.39 is 0 Å². The molecule has 0 spiro atoms. The van der Waals surface area contributed by atoms with Crippen LogP contribution < -0.4 is 24.8 Å². The molecule has 6 nitrogen and oxygen atoms in total. The summed E-state index contributed by atoms with van der Waals surface area (Å²) in [5.41, 5.74) is 1.84. The minimum Gasteiger partial charge on any atom is -0.497 e. The van der Waals surface area contributed by atoms with Crippen molar-refractivity contribution in [1.82, 2.24) is 10.6 Å². The minimum absolute atomic E-state index is 0.251. The summed E-state index contributed by atoms with van der Waals surface area (Å²) in [6.45, 7) is 5.41. The summed E-state index contributed by atoms with van der Waals surface area (Å²) in [5, 5.41) is 5.91. The van der Waals surface area contributed by atoms with E-state index in [-0.39, 0.29) is 11.0 Å². The molecular formula is C24H30N2O4S. The summed E-state index contributed by atoms with van der Waals surface area (Å²) >= 11 is 5.21. The van der Waals surface area contributed by atoms with Gasteiger partial charge in [-0.25, -0.2) is 0 Å². The van der Waals surface area contributed by atoms with E-state index in [2.05, 4.69) is 24.5 Å². The van der Waals surface area contributed by atoms with E-state index in [9.17, 15) is 4.79 Å². The van der Waals surface area contributed by atoms with Gasteiger partial charge in [-0.2, -0.15) is 0 Å². The third-order valence-electron chi connectivity index (χ3n) is 4.41. The first kappa shape index (κ1) is 24.2. The molecule has 0 unspecified atom stereocenters. The number of rotatable bonds is 10. The van der Waals surface area contributed by atoms with E-state index in [4.69, 9.17) is 26.4 Å². The topological polar surface area (TPSA) is 68.8 Å². The first-order valence-corrected chi connectivity index (χ1v) is 10.5. The van der Waals surface area contributed by atoms with Gasteiger partial charge in [-0.3, -0.25) is 10.1 Å². The molecule has 0 saturated carbocycles. The number of carbonyl (C=O) groups excluding carboxylic acids is 1. The Kier molecular flexibility index (Phi) is 9.84. The summed E-state index contributed by atoms with van der Waals surface area (Å²) in [6.07, 6.45) is 4.12. The van der Waals surface area contributed by atoms with Crippen LogP contribution >= 0.6 is 12.2 Å². The quantitative estimate of drug-likeness (QED) is 0.422. The molecule has 0 aromatic heterocycles. The Labute approximate surface area is 189 Å². The van der Waals surface area contributed by atoms with E-state index in [1.165, 1.54) is 6.08 Å². The number of nitrogens with one attached hydrogen (secondary N) is 2. The molecule has 0 aliphatic rings. The van der Waals surface area contributed by atoms with Gasteiger partial charge in [-0.05, 0) is 66.0 Å². The zero-order chi connectivity index (χ0) is 22.6. The fourth-order valence-electron chi connectivity index (χ4n) is 2.61. The van der Waals surface area contributed by atoms with Crippen molar-refractivity contribution in [2.45, 2.75) is 26.8 Å². The van der Waals surface area contributed by atoms with Crippen molar-refractivity contribution in [3.63, 3.8) is 0 Å². The zero-order valence-corrected chi connectivity index (χ0v) is 19.3. The van der Waals surface area contributed by atoms with Crippen LogP contribution in [0.15, 0.2) is 48.5 Å². The molecule has 166 valence electrons. The zero-order valence-electron chi connectivity index (χ0n) is 18.4. The van der Waals surface area contributed by atoms with Crippen molar-refractivity contribution in [3.8, 4) is 17.2 Å². The van der Waals surface area contributed by atoms with Gasteiger partial charge in [0, 0.05) is 12.6 Å². The molecule has 2 rings (SSSR count). The summed E-state index contributed by atoms with van der Waals surface area (Å²) < 4.78 is 16.4. The summed E-state index contributed by atoms with van der Waals surface area (Å²) in [5.74, 6) is 2.42. The molecule has 0 fully saturated rings. The minimum atomic E-state index is -0.306. The fraction of sp³-hybridized carbons (Fsp3) is 0.333. The Bertz CT molecular complexity index is 895. The number of thiocarbonyl (C=S) groups is 1. The monoisotopic (exact) mass is 442 g/mol. The highest BCUT2D eigenvalue weighted by atomic mass is 32.1. The van der Waals surface area contributed by atoms with Crippen LogP contribution in [-0.4, -0.2) is 31.8 Å². The second kappa shape index (κ2) is 12.6. The summed E-state index contributed by atoms with van der Waals surface area (Å²) in [6, 6.07) is 13.1. The molecule has 0 heterocycles. The van der Waals surface area contributed by atoms with Gasteiger partial charge in [-0.15, -0.1) is 0 Å². The molecule has 0 radical (unpaired) electrons. The third-order valence-corrected chi connectivity index (χ3v) is 4.66. The third kappa shape index (κ3) is 8.68. The SMILES string of the molecule is COc1ccc(/C=C/C(=O)NC(=S)NCc2ccc(OCCC(C)C)c(OC)c2)cc1. The van der Waals surface area contributed by atoms with Crippen LogP contribution in [0.5, 0.6) is 17.2 Å². The van der Waals surface area contributed by atoms with Crippen molar-refractivity contribution < 1.29 is 19.0 Å². The highest BCUT2D eigenvalue weighted by Gasteiger charge is 2.07. The Hall–Kier alpha value is -3.06. The lowest BCUT2D eigenvalue weighted by atomic mass is 10.1. The Morgan fingerprint density at radius 2 is 1.81 bits per heavy atom. The van der Waals surface area contributed by atoms with E-state index in [1.54, 1.807) is 20.3 Å². The molecule has 31 heavy (non-hydrogen) atoms. The van der Waals surface area contributed by atoms with Crippen molar-refractivity contribution >= 4 is 29.3 Å². The van der Waals surface area contributed by atoms with Crippen LogP contribution in [-0.2, 0) is 11.3 Å². The van der Waals surface area contributed by atoms with Crippen LogP contribution in [0.4, 0.5) is 0 Å². The number of benzene rings is 2. The van der Waals surface area contributed by atoms with E-state index in [1.807, 2.05) is 42.5 Å². The second-order valence-electron chi connectivity index (χ2n) is 7.29. The highest BCUT2D eigenvalue weighted by molar-refractivity contribution is 7.80. The number of ether oxygens (including phenoxy) is 3. The predicted octanol–water partition coefficient (Wildman–Crippen LogP) is 4.33. The van der Waals surface area contributed by atoms with E-state index >= 15 is 0 Å². The van der Waals surface area contributed by atoms with Crippen molar-refractivity contribution in [1.29, 1.82) is 0 Å². The lowest BCUT2D eigenvalue weighted by molar-refractivity contribution is -0.115. The van der Waals surface area contributed by atoms with E-state index in [0.717, 1.165) is 23.3 Å². The maximum atomic E-state index is 12.1. The van der Waals surface area contributed by atoms with Crippen molar-refractivity contribution in [3.05, 3.63) is 59.7 Å². The number of hydrogen-bond acceptors (Lipinski definition) is 5. The lowest BCUT2D eigenvalue weighted by Crippen LogP contribution is -2.37. The maximum Gasteiger partial charge on any atom is 0.250 e. The van der Waals surface area contributed by atoms with Gasteiger partial charge in [0.1, 0.15) is 5.75 Å². The lowest BCUT2D eigenvalue weighted by Gasteiger charge is -2.14. The molecule has 0 aliphatic carbocycles. The normalized spacial score (nSPS) is 10.7. The van der Waals surface area contributed by atoms with Crippen LogP contribution in [0.25, 0.3) is 6.08 Å². The van der Waals surface area contributed by atoms with Gasteiger partial charge in [-0.1, -0.05) is 32.0 Å². The van der Waals surface area contributed by atoms with Crippen molar-refractivity contribution in [2.24, 2.45) is 5.92 Å². The highest BCUT2D eigenvalue weighted by Crippen LogP contribution is 2.28. The largest absolute Gasteiger partial charge is 0.497 e. The van der Waals surface area contributed by atoms with Gasteiger partial charge < -0.3 is 19.5 Å². The molecular weight excluding hydrogens is 412 g/mol.